The van der Waals surface area contributed by atoms with Crippen molar-refractivity contribution in [3.05, 3.63) is 72.0 Å². The SMILES string of the molecule is CC1CCN(c2ccc(-c3ccc(NC(=O)c4cccc(F)c4)cc3)nn2)CC1. The molecule has 2 heterocycles. The Kier molecular flexibility index (Phi) is 5.51. The summed E-state index contributed by atoms with van der Waals surface area (Å²) in [5.41, 5.74) is 2.61. The molecule has 3 aromatic rings. The number of anilines is 2. The average molecular weight is 390 g/mol. The van der Waals surface area contributed by atoms with Crippen LogP contribution in [-0.4, -0.2) is 29.2 Å². The van der Waals surface area contributed by atoms with Crippen LogP contribution in [0.1, 0.15) is 30.1 Å². The summed E-state index contributed by atoms with van der Waals surface area (Å²) >= 11 is 0. The van der Waals surface area contributed by atoms with Gasteiger partial charge in [0.15, 0.2) is 5.82 Å². The summed E-state index contributed by atoms with van der Waals surface area (Å²) in [5.74, 6) is 0.907. The zero-order valence-electron chi connectivity index (χ0n) is 16.3. The van der Waals surface area contributed by atoms with E-state index in [2.05, 4.69) is 27.3 Å². The van der Waals surface area contributed by atoms with E-state index in [4.69, 9.17) is 0 Å². The summed E-state index contributed by atoms with van der Waals surface area (Å²) in [6.07, 6.45) is 2.37. The summed E-state index contributed by atoms with van der Waals surface area (Å²) < 4.78 is 13.3. The number of hydrogen-bond donors (Lipinski definition) is 1. The van der Waals surface area contributed by atoms with E-state index in [-0.39, 0.29) is 11.5 Å². The molecule has 5 nitrogen and oxygen atoms in total. The summed E-state index contributed by atoms with van der Waals surface area (Å²) in [6, 6.07) is 17.0. The number of aromatic nitrogens is 2. The third kappa shape index (κ3) is 4.59. The number of amides is 1. The van der Waals surface area contributed by atoms with Crippen molar-refractivity contribution in [3.63, 3.8) is 0 Å². The van der Waals surface area contributed by atoms with Crippen molar-refractivity contribution in [2.24, 2.45) is 5.92 Å². The van der Waals surface area contributed by atoms with Crippen molar-refractivity contribution in [1.82, 2.24) is 10.2 Å². The Morgan fingerprint density at radius 2 is 1.79 bits per heavy atom. The first-order chi connectivity index (χ1) is 14.1. The Hall–Kier alpha value is -3.28. The maximum Gasteiger partial charge on any atom is 0.255 e. The van der Waals surface area contributed by atoms with Crippen molar-refractivity contribution in [2.45, 2.75) is 19.8 Å². The van der Waals surface area contributed by atoms with Crippen molar-refractivity contribution in [3.8, 4) is 11.3 Å². The van der Waals surface area contributed by atoms with Gasteiger partial charge in [-0.25, -0.2) is 4.39 Å². The third-order valence-electron chi connectivity index (χ3n) is 5.28. The molecule has 0 unspecified atom stereocenters. The molecule has 1 N–H and O–H groups in total. The minimum absolute atomic E-state index is 0.280. The smallest absolute Gasteiger partial charge is 0.255 e. The number of piperidine rings is 1. The first kappa shape index (κ1) is 19.1. The van der Waals surface area contributed by atoms with E-state index in [0.29, 0.717) is 5.69 Å². The number of nitrogens with one attached hydrogen (secondary N) is 1. The summed E-state index contributed by atoms with van der Waals surface area (Å²) in [5, 5.41) is 11.5. The first-order valence-corrected chi connectivity index (χ1v) is 9.84. The van der Waals surface area contributed by atoms with Gasteiger partial charge in [-0.15, -0.1) is 10.2 Å². The third-order valence-corrected chi connectivity index (χ3v) is 5.28. The Morgan fingerprint density at radius 1 is 1.03 bits per heavy atom. The van der Waals surface area contributed by atoms with Crippen molar-refractivity contribution >= 4 is 17.4 Å². The molecule has 6 heteroatoms. The number of rotatable bonds is 4. The number of carbonyl (C=O) groups excluding carboxylic acids is 1. The van der Waals surface area contributed by atoms with Gasteiger partial charge in [0.25, 0.3) is 5.91 Å². The Labute approximate surface area is 169 Å². The van der Waals surface area contributed by atoms with Gasteiger partial charge in [-0.05, 0) is 61.2 Å². The molecule has 1 aliphatic heterocycles. The Bertz CT molecular complexity index is 981. The van der Waals surface area contributed by atoms with Crippen LogP contribution in [0.3, 0.4) is 0 Å². The van der Waals surface area contributed by atoms with Gasteiger partial charge in [0.2, 0.25) is 0 Å². The number of carbonyl (C=O) groups is 1. The molecule has 0 saturated carbocycles. The second-order valence-corrected chi connectivity index (χ2v) is 7.49. The van der Waals surface area contributed by atoms with Crippen LogP contribution in [0.5, 0.6) is 0 Å². The zero-order chi connectivity index (χ0) is 20.2. The van der Waals surface area contributed by atoms with Gasteiger partial charge in [0, 0.05) is 29.9 Å². The lowest BCUT2D eigenvalue weighted by Crippen LogP contribution is -2.33. The van der Waals surface area contributed by atoms with Crippen LogP contribution in [0.15, 0.2) is 60.7 Å². The van der Waals surface area contributed by atoms with Gasteiger partial charge < -0.3 is 10.2 Å². The van der Waals surface area contributed by atoms with E-state index < -0.39 is 5.82 Å². The molecular formula is C23H23FN4O. The van der Waals surface area contributed by atoms with E-state index in [1.807, 2.05) is 24.3 Å². The molecule has 0 atom stereocenters. The highest BCUT2D eigenvalue weighted by molar-refractivity contribution is 6.04. The van der Waals surface area contributed by atoms with E-state index in [1.54, 1.807) is 18.2 Å². The fourth-order valence-corrected chi connectivity index (χ4v) is 3.44. The molecule has 1 aliphatic rings. The van der Waals surface area contributed by atoms with Crippen LogP contribution in [-0.2, 0) is 0 Å². The van der Waals surface area contributed by atoms with Gasteiger partial charge in [-0.3, -0.25) is 4.79 Å². The van der Waals surface area contributed by atoms with Crippen LogP contribution in [0.4, 0.5) is 15.9 Å². The van der Waals surface area contributed by atoms with E-state index in [1.165, 1.54) is 31.0 Å². The number of halogens is 1. The normalized spacial score (nSPS) is 14.6. The highest BCUT2D eigenvalue weighted by Crippen LogP contribution is 2.24. The highest BCUT2D eigenvalue weighted by Gasteiger charge is 2.17. The van der Waals surface area contributed by atoms with E-state index >= 15 is 0 Å². The predicted octanol–water partition coefficient (Wildman–Crippen LogP) is 4.77. The molecule has 0 bridgehead atoms. The lowest BCUT2D eigenvalue weighted by molar-refractivity contribution is 0.102. The minimum Gasteiger partial charge on any atom is -0.355 e. The molecular weight excluding hydrogens is 367 g/mol. The fraction of sp³-hybridized carbons (Fsp3) is 0.261. The van der Waals surface area contributed by atoms with E-state index in [9.17, 15) is 9.18 Å². The van der Waals surface area contributed by atoms with Crippen LogP contribution in [0.2, 0.25) is 0 Å². The van der Waals surface area contributed by atoms with E-state index in [0.717, 1.165) is 36.1 Å². The predicted molar refractivity (Wildman–Crippen MR) is 112 cm³/mol. The van der Waals surface area contributed by atoms with Gasteiger partial charge >= 0.3 is 0 Å². The monoisotopic (exact) mass is 390 g/mol. The molecule has 1 amide bonds. The van der Waals surface area contributed by atoms with Crippen LogP contribution >= 0.6 is 0 Å². The zero-order valence-corrected chi connectivity index (χ0v) is 16.3. The van der Waals surface area contributed by atoms with Gasteiger partial charge in [-0.1, -0.05) is 25.1 Å². The van der Waals surface area contributed by atoms with Crippen molar-refractivity contribution in [2.75, 3.05) is 23.3 Å². The van der Waals surface area contributed by atoms with Gasteiger partial charge in [-0.2, -0.15) is 0 Å². The molecule has 1 fully saturated rings. The standard InChI is InChI=1S/C23H23FN4O/c1-16-11-13-28(14-12-16)22-10-9-21(26-27-22)17-5-7-20(8-6-17)25-23(29)18-3-2-4-19(24)15-18/h2-10,15-16H,11-14H2,1H3,(H,25,29). The van der Waals surface area contributed by atoms with Crippen molar-refractivity contribution in [1.29, 1.82) is 0 Å². The lowest BCUT2D eigenvalue weighted by atomic mass is 9.99. The lowest BCUT2D eigenvalue weighted by Gasteiger charge is -2.30. The summed E-state index contributed by atoms with van der Waals surface area (Å²) in [6.45, 7) is 4.33. The van der Waals surface area contributed by atoms with Crippen LogP contribution in [0.25, 0.3) is 11.3 Å². The molecule has 0 spiro atoms. The first-order valence-electron chi connectivity index (χ1n) is 9.84. The summed E-state index contributed by atoms with van der Waals surface area (Å²) in [4.78, 5) is 14.5. The molecule has 0 aliphatic carbocycles. The van der Waals surface area contributed by atoms with Crippen LogP contribution in [0, 0.1) is 11.7 Å². The molecule has 148 valence electrons. The number of hydrogen-bond acceptors (Lipinski definition) is 4. The second kappa shape index (κ2) is 8.39. The Balaban J connectivity index is 1.42. The minimum atomic E-state index is -0.436. The molecule has 29 heavy (non-hydrogen) atoms. The highest BCUT2D eigenvalue weighted by atomic mass is 19.1. The quantitative estimate of drug-likeness (QED) is 0.697. The fourth-order valence-electron chi connectivity index (χ4n) is 3.44. The number of nitrogens with zero attached hydrogens (tertiary/aromatic N) is 3. The molecule has 1 saturated heterocycles. The summed E-state index contributed by atoms with van der Waals surface area (Å²) in [7, 11) is 0. The molecule has 4 rings (SSSR count). The molecule has 0 radical (unpaired) electrons. The molecule has 2 aromatic carbocycles. The second-order valence-electron chi connectivity index (χ2n) is 7.49. The largest absolute Gasteiger partial charge is 0.355 e. The molecule has 1 aromatic heterocycles. The maximum atomic E-state index is 13.3. The number of benzene rings is 2. The Morgan fingerprint density at radius 3 is 2.45 bits per heavy atom. The van der Waals surface area contributed by atoms with Gasteiger partial charge in [0.05, 0.1) is 5.69 Å². The van der Waals surface area contributed by atoms with Crippen LogP contribution < -0.4 is 10.2 Å². The maximum absolute atomic E-state index is 13.3. The average Bonchev–Trinajstić information content (AvgIpc) is 2.75. The van der Waals surface area contributed by atoms with Gasteiger partial charge in [0.1, 0.15) is 5.82 Å². The topological polar surface area (TPSA) is 58.1 Å². The van der Waals surface area contributed by atoms with Crippen molar-refractivity contribution < 1.29 is 9.18 Å².